The third-order valence-electron chi connectivity index (χ3n) is 4.10. The first-order chi connectivity index (χ1) is 12.1. The molecule has 0 spiro atoms. The minimum atomic E-state index is -1.43. The van der Waals surface area contributed by atoms with Crippen LogP contribution in [-0.2, 0) is 25.6 Å². The fourth-order valence-electron chi connectivity index (χ4n) is 2.63. The van der Waals surface area contributed by atoms with E-state index in [1.807, 2.05) is 43.3 Å². The zero-order valence-electron chi connectivity index (χ0n) is 13.9. The van der Waals surface area contributed by atoms with Crippen molar-refractivity contribution in [2.45, 2.75) is 25.5 Å². The lowest BCUT2D eigenvalue weighted by atomic mass is 9.91. The van der Waals surface area contributed by atoms with E-state index >= 15 is 0 Å². The van der Waals surface area contributed by atoms with Gasteiger partial charge in [-0.15, -0.1) is 0 Å². The molecule has 0 saturated carbocycles. The van der Waals surface area contributed by atoms with Crippen LogP contribution in [0.4, 0.5) is 4.79 Å². The zero-order valence-corrected chi connectivity index (χ0v) is 13.9. The standard InChI is InChI=1S/C18H20N2O5/c1-17-11-23-18(24-12-17,25-13-17)15(8-5-9-19)20-16(21)22-10-14-6-3-2-4-7-14/h2-8,15H,10-13H2,1H3,(H,20,21)/b8-5+/t15-,17?,18?/m0/s1. The summed E-state index contributed by atoms with van der Waals surface area (Å²) in [6, 6.07) is 10.4. The van der Waals surface area contributed by atoms with Gasteiger partial charge in [0, 0.05) is 11.5 Å². The average Bonchev–Trinajstić information content (AvgIpc) is 2.65. The molecule has 25 heavy (non-hydrogen) atoms. The predicted octanol–water partition coefficient (Wildman–Crippen LogP) is 2.10. The molecule has 7 heteroatoms. The molecule has 7 nitrogen and oxygen atoms in total. The highest BCUT2D eigenvalue weighted by Gasteiger charge is 2.55. The molecule has 2 bridgehead atoms. The normalized spacial score (nSPS) is 29.1. The number of carbonyl (C=O) groups excluding carboxylic acids is 1. The van der Waals surface area contributed by atoms with E-state index in [0.717, 1.165) is 5.56 Å². The number of hydrogen-bond donors (Lipinski definition) is 1. The Labute approximate surface area is 146 Å². The van der Waals surface area contributed by atoms with Crippen LogP contribution in [0.2, 0.25) is 0 Å². The van der Waals surface area contributed by atoms with Crippen molar-refractivity contribution in [2.75, 3.05) is 19.8 Å². The second-order valence-electron chi connectivity index (χ2n) is 6.45. The van der Waals surface area contributed by atoms with Gasteiger partial charge in [0.1, 0.15) is 12.6 Å². The molecule has 132 valence electrons. The summed E-state index contributed by atoms with van der Waals surface area (Å²) in [7, 11) is 0. The third-order valence-corrected chi connectivity index (χ3v) is 4.10. The molecule has 4 rings (SSSR count). The molecule has 1 aromatic carbocycles. The summed E-state index contributed by atoms with van der Waals surface area (Å²) in [6.45, 7) is 3.48. The second-order valence-corrected chi connectivity index (χ2v) is 6.45. The van der Waals surface area contributed by atoms with Crippen LogP contribution in [0, 0.1) is 16.7 Å². The van der Waals surface area contributed by atoms with Gasteiger partial charge in [0.2, 0.25) is 0 Å². The Kier molecular flexibility index (Phi) is 5.04. The Morgan fingerprint density at radius 2 is 1.96 bits per heavy atom. The number of rotatable bonds is 5. The third kappa shape index (κ3) is 3.99. The van der Waals surface area contributed by atoms with Crippen molar-refractivity contribution in [3.8, 4) is 6.07 Å². The monoisotopic (exact) mass is 344 g/mol. The SMILES string of the molecule is CC12COC([C@H](/C=C/C#N)NC(=O)OCc3ccccc3)(OC1)OC2. The molecule has 0 aliphatic carbocycles. The van der Waals surface area contributed by atoms with E-state index in [2.05, 4.69) is 5.32 Å². The number of hydrogen-bond acceptors (Lipinski definition) is 6. The van der Waals surface area contributed by atoms with Crippen molar-refractivity contribution in [2.24, 2.45) is 5.41 Å². The number of benzene rings is 1. The van der Waals surface area contributed by atoms with Gasteiger partial charge in [-0.25, -0.2) is 4.79 Å². The largest absolute Gasteiger partial charge is 0.445 e. The molecular weight excluding hydrogens is 324 g/mol. The van der Waals surface area contributed by atoms with Crippen LogP contribution in [0.25, 0.3) is 0 Å². The van der Waals surface area contributed by atoms with Crippen molar-refractivity contribution in [3.05, 3.63) is 48.0 Å². The first-order valence-electron chi connectivity index (χ1n) is 8.01. The van der Waals surface area contributed by atoms with E-state index in [0.29, 0.717) is 19.8 Å². The molecule has 3 heterocycles. The second kappa shape index (κ2) is 7.23. The number of nitriles is 1. The summed E-state index contributed by atoms with van der Waals surface area (Å²) < 4.78 is 22.4. The van der Waals surface area contributed by atoms with Crippen molar-refractivity contribution in [1.82, 2.24) is 5.32 Å². The number of carbonyl (C=O) groups is 1. The minimum Gasteiger partial charge on any atom is -0.445 e. The Morgan fingerprint density at radius 3 is 2.56 bits per heavy atom. The van der Waals surface area contributed by atoms with Gasteiger partial charge in [-0.2, -0.15) is 5.26 Å². The highest BCUT2D eigenvalue weighted by atomic mass is 16.9. The van der Waals surface area contributed by atoms with Gasteiger partial charge >= 0.3 is 12.1 Å². The number of alkyl carbamates (subject to hydrolysis) is 1. The van der Waals surface area contributed by atoms with Crippen molar-refractivity contribution < 1.29 is 23.7 Å². The lowest BCUT2D eigenvalue weighted by Crippen LogP contribution is -2.66. The predicted molar refractivity (Wildman–Crippen MR) is 87.0 cm³/mol. The quantitative estimate of drug-likeness (QED) is 0.823. The Balaban J connectivity index is 1.64. The van der Waals surface area contributed by atoms with Gasteiger partial charge in [0.05, 0.1) is 25.9 Å². The molecule has 1 atom stereocenters. The molecule has 3 aliphatic heterocycles. The highest BCUT2D eigenvalue weighted by Crippen LogP contribution is 2.40. The van der Waals surface area contributed by atoms with Gasteiger partial charge in [0.25, 0.3) is 0 Å². The molecule has 0 aromatic heterocycles. The molecule has 3 saturated heterocycles. The molecular formula is C18H20N2O5. The van der Waals surface area contributed by atoms with Crippen LogP contribution < -0.4 is 5.32 Å². The lowest BCUT2D eigenvalue weighted by molar-refractivity contribution is -0.469. The van der Waals surface area contributed by atoms with Crippen LogP contribution in [-0.4, -0.2) is 37.9 Å². The summed E-state index contributed by atoms with van der Waals surface area (Å²) in [6.07, 6.45) is 2.06. The van der Waals surface area contributed by atoms with E-state index < -0.39 is 18.1 Å². The first kappa shape index (κ1) is 17.4. The van der Waals surface area contributed by atoms with Gasteiger partial charge in [0.15, 0.2) is 0 Å². The summed E-state index contributed by atoms with van der Waals surface area (Å²) in [5.74, 6) is -1.43. The van der Waals surface area contributed by atoms with Gasteiger partial charge < -0.3 is 24.3 Å². The zero-order chi connectivity index (χ0) is 17.8. The fourth-order valence-corrected chi connectivity index (χ4v) is 2.63. The smallest absolute Gasteiger partial charge is 0.408 e. The van der Waals surface area contributed by atoms with Crippen molar-refractivity contribution in [1.29, 1.82) is 5.26 Å². The molecule has 1 N–H and O–H groups in total. The Hall–Kier alpha value is -2.40. The maximum atomic E-state index is 12.1. The molecule has 0 unspecified atom stereocenters. The molecule has 0 radical (unpaired) electrons. The maximum Gasteiger partial charge on any atom is 0.408 e. The number of amides is 1. The summed E-state index contributed by atoms with van der Waals surface area (Å²) in [5.41, 5.74) is 0.675. The van der Waals surface area contributed by atoms with Crippen LogP contribution in [0.15, 0.2) is 42.5 Å². The van der Waals surface area contributed by atoms with Crippen LogP contribution >= 0.6 is 0 Å². The van der Waals surface area contributed by atoms with Crippen molar-refractivity contribution >= 4 is 6.09 Å². The maximum absolute atomic E-state index is 12.1. The van der Waals surface area contributed by atoms with Crippen molar-refractivity contribution in [3.63, 3.8) is 0 Å². The summed E-state index contributed by atoms with van der Waals surface area (Å²) >= 11 is 0. The van der Waals surface area contributed by atoms with E-state index in [-0.39, 0.29) is 12.0 Å². The Bertz CT molecular complexity index is 658. The molecule has 3 fully saturated rings. The summed E-state index contributed by atoms with van der Waals surface area (Å²) in [5, 5.41) is 11.5. The number of nitrogens with one attached hydrogen (secondary N) is 1. The fraction of sp³-hybridized carbons (Fsp3) is 0.444. The summed E-state index contributed by atoms with van der Waals surface area (Å²) in [4.78, 5) is 12.1. The molecule has 1 aromatic rings. The van der Waals surface area contributed by atoms with Crippen LogP contribution in [0.1, 0.15) is 12.5 Å². The van der Waals surface area contributed by atoms with Gasteiger partial charge in [-0.05, 0) is 11.6 Å². The lowest BCUT2D eigenvalue weighted by Gasteiger charge is -2.52. The van der Waals surface area contributed by atoms with Crippen LogP contribution in [0.3, 0.4) is 0 Å². The number of allylic oxidation sites excluding steroid dienone is 1. The minimum absolute atomic E-state index is 0.134. The van der Waals surface area contributed by atoms with E-state index in [9.17, 15) is 4.79 Å². The number of ether oxygens (including phenoxy) is 4. The van der Waals surface area contributed by atoms with Crippen LogP contribution in [0.5, 0.6) is 0 Å². The van der Waals surface area contributed by atoms with E-state index in [1.165, 1.54) is 12.2 Å². The van der Waals surface area contributed by atoms with Gasteiger partial charge in [-0.3, -0.25) is 0 Å². The molecule has 1 amide bonds. The highest BCUT2D eigenvalue weighted by molar-refractivity contribution is 5.68. The number of fused-ring (bicyclic) bond motifs is 3. The van der Waals surface area contributed by atoms with E-state index in [4.69, 9.17) is 24.2 Å². The topological polar surface area (TPSA) is 89.8 Å². The molecule has 3 aliphatic rings. The Morgan fingerprint density at radius 1 is 1.32 bits per heavy atom. The van der Waals surface area contributed by atoms with Gasteiger partial charge in [-0.1, -0.05) is 37.3 Å². The van der Waals surface area contributed by atoms with E-state index in [1.54, 1.807) is 0 Å². The number of nitrogens with zero attached hydrogens (tertiary/aromatic N) is 1. The first-order valence-corrected chi connectivity index (χ1v) is 8.01. The average molecular weight is 344 g/mol.